The Hall–Kier alpha value is -2.73. The maximum absolute atomic E-state index is 14.1. The summed E-state index contributed by atoms with van der Waals surface area (Å²) in [5, 5.41) is 7.80. The van der Waals surface area contributed by atoms with E-state index in [9.17, 15) is 4.39 Å². The molecule has 3 rings (SSSR count). The predicted molar refractivity (Wildman–Crippen MR) is 90.9 cm³/mol. The summed E-state index contributed by atoms with van der Waals surface area (Å²) >= 11 is 0. The van der Waals surface area contributed by atoms with E-state index in [1.807, 2.05) is 6.07 Å². The van der Waals surface area contributed by atoms with Gasteiger partial charge in [-0.05, 0) is 42.3 Å². The Morgan fingerprint density at radius 2 is 1.86 bits per heavy atom. The summed E-state index contributed by atoms with van der Waals surface area (Å²) in [6.45, 7) is 1.80. The third-order valence-electron chi connectivity index (χ3n) is 3.34. The molecule has 118 valence electrons. The molecule has 1 aromatic heterocycles. The Labute approximate surface area is 130 Å². The van der Waals surface area contributed by atoms with Crippen LogP contribution in [0.2, 0.25) is 0 Å². The summed E-state index contributed by atoms with van der Waals surface area (Å²) in [7, 11) is 1.00. The normalized spacial score (nSPS) is 10.2. The number of nitrogen functional groups attached to an aromatic ring is 2. The molecule has 0 aliphatic carbocycles. The Morgan fingerprint density at radius 1 is 1.14 bits per heavy atom. The van der Waals surface area contributed by atoms with Crippen LogP contribution < -0.4 is 11.5 Å². The van der Waals surface area contributed by atoms with Gasteiger partial charge in [0, 0.05) is 32.8 Å². The number of fused-ring (bicyclic) bond motifs is 1. The molecule has 0 radical (unpaired) electrons. The van der Waals surface area contributed by atoms with Crippen LogP contribution in [0.15, 0.2) is 36.5 Å². The van der Waals surface area contributed by atoms with Crippen molar-refractivity contribution in [3.8, 4) is 11.1 Å². The number of anilines is 2. The van der Waals surface area contributed by atoms with Gasteiger partial charge in [-0.1, -0.05) is 6.07 Å². The number of nitrogens with zero attached hydrogens (tertiary/aromatic N) is 2. The van der Waals surface area contributed by atoms with E-state index < -0.39 is 0 Å². The highest BCUT2D eigenvalue weighted by atomic mass is 19.1. The third kappa shape index (κ3) is 2.82. The number of benzene rings is 2. The summed E-state index contributed by atoms with van der Waals surface area (Å²) in [5.74, 6) is -0.0796. The molecule has 6 heteroatoms. The number of hydrogen-bond acceptors (Lipinski definition) is 5. The second-order valence-electron chi connectivity index (χ2n) is 4.64. The summed E-state index contributed by atoms with van der Waals surface area (Å²) in [5.41, 5.74) is 14.7. The van der Waals surface area contributed by atoms with Crippen LogP contribution in [-0.2, 0) is 0 Å². The first-order chi connectivity index (χ1) is 10.6. The van der Waals surface area contributed by atoms with Crippen molar-refractivity contribution in [3.05, 3.63) is 47.9 Å². The van der Waals surface area contributed by atoms with Crippen LogP contribution in [0.4, 0.5) is 16.0 Å². The molecular weight excluding hydrogens is 283 g/mol. The second-order valence-corrected chi connectivity index (χ2v) is 4.64. The molecule has 2 aromatic carbocycles. The zero-order valence-electron chi connectivity index (χ0n) is 12.3. The van der Waals surface area contributed by atoms with Crippen LogP contribution in [-0.4, -0.2) is 22.2 Å². The first-order valence-electron chi connectivity index (χ1n) is 6.58. The standard InChI is InChI=1S/C15H13FN4.CH4O.2H2/c1-8-12(17)4-3-11(16)14(8)9-2-5-13-10(6-9)7-19-15(18)20-13;1-2;;/h2-7H,17H2,1H3,(H2,18,19,20);2H,1H3;2*1H. The second kappa shape index (κ2) is 6.36. The van der Waals surface area contributed by atoms with Crippen molar-refractivity contribution < 1.29 is 12.4 Å². The monoisotopic (exact) mass is 304 g/mol. The van der Waals surface area contributed by atoms with Gasteiger partial charge in [0.1, 0.15) is 5.82 Å². The Balaban J connectivity index is 0.00000128. The number of nitrogens with two attached hydrogens (primary N) is 2. The van der Waals surface area contributed by atoms with Gasteiger partial charge in [-0.2, -0.15) is 0 Å². The highest BCUT2D eigenvalue weighted by molar-refractivity contribution is 5.86. The number of aliphatic hydroxyl groups is 1. The quantitative estimate of drug-likeness (QED) is 0.600. The number of aromatic nitrogens is 2. The Bertz CT molecular complexity index is 831. The zero-order valence-corrected chi connectivity index (χ0v) is 12.3. The summed E-state index contributed by atoms with van der Waals surface area (Å²) < 4.78 is 14.1. The minimum Gasteiger partial charge on any atom is -0.400 e. The van der Waals surface area contributed by atoms with Crippen molar-refractivity contribution in [2.75, 3.05) is 18.6 Å². The van der Waals surface area contributed by atoms with Gasteiger partial charge in [0.15, 0.2) is 0 Å². The van der Waals surface area contributed by atoms with Crippen LogP contribution in [0, 0.1) is 12.7 Å². The Kier molecular flexibility index (Phi) is 4.53. The number of halogens is 1. The first kappa shape index (κ1) is 15.7. The van der Waals surface area contributed by atoms with Gasteiger partial charge < -0.3 is 16.6 Å². The van der Waals surface area contributed by atoms with E-state index in [2.05, 4.69) is 9.97 Å². The third-order valence-corrected chi connectivity index (χ3v) is 3.34. The fourth-order valence-electron chi connectivity index (χ4n) is 2.25. The highest BCUT2D eigenvalue weighted by Gasteiger charge is 2.11. The lowest BCUT2D eigenvalue weighted by Gasteiger charge is -2.11. The van der Waals surface area contributed by atoms with Gasteiger partial charge in [0.2, 0.25) is 5.95 Å². The maximum atomic E-state index is 14.1. The van der Waals surface area contributed by atoms with Gasteiger partial charge >= 0.3 is 0 Å². The van der Waals surface area contributed by atoms with E-state index in [4.69, 9.17) is 16.6 Å². The molecule has 3 aromatic rings. The molecule has 0 saturated heterocycles. The van der Waals surface area contributed by atoms with E-state index >= 15 is 0 Å². The van der Waals surface area contributed by atoms with Crippen LogP contribution in [0.3, 0.4) is 0 Å². The average Bonchev–Trinajstić information content (AvgIpc) is 2.53. The van der Waals surface area contributed by atoms with E-state index in [-0.39, 0.29) is 14.6 Å². The molecule has 0 atom stereocenters. The topological polar surface area (TPSA) is 98.0 Å². The largest absolute Gasteiger partial charge is 0.400 e. The van der Waals surface area contributed by atoms with Crippen LogP contribution in [0.5, 0.6) is 0 Å². The molecule has 1 heterocycles. The molecule has 5 nitrogen and oxygen atoms in total. The lowest BCUT2D eigenvalue weighted by atomic mass is 9.97. The summed E-state index contributed by atoms with van der Waals surface area (Å²) in [4.78, 5) is 8.07. The van der Waals surface area contributed by atoms with E-state index in [0.717, 1.165) is 29.1 Å². The number of hydrogen-bond donors (Lipinski definition) is 3. The summed E-state index contributed by atoms with van der Waals surface area (Å²) in [6.07, 6.45) is 1.63. The molecule has 0 bridgehead atoms. The van der Waals surface area contributed by atoms with Crippen molar-refractivity contribution in [3.63, 3.8) is 0 Å². The molecule has 5 N–H and O–H groups in total. The van der Waals surface area contributed by atoms with E-state index in [0.29, 0.717) is 11.3 Å². The molecular formula is C16H21FN4O. The predicted octanol–water partition coefficient (Wildman–Crippen LogP) is 3.01. The smallest absolute Gasteiger partial charge is 0.220 e. The SMILES string of the molecule is CO.Cc1c(N)ccc(F)c1-c1ccc2nc(N)ncc2c1.[HH].[HH]. The van der Waals surface area contributed by atoms with Crippen molar-refractivity contribution in [1.29, 1.82) is 0 Å². The Morgan fingerprint density at radius 3 is 2.59 bits per heavy atom. The van der Waals surface area contributed by atoms with Gasteiger partial charge in [-0.3, -0.25) is 0 Å². The molecule has 0 aliphatic rings. The van der Waals surface area contributed by atoms with Gasteiger partial charge in [0.25, 0.3) is 0 Å². The minimum absolute atomic E-state index is 0. The van der Waals surface area contributed by atoms with Gasteiger partial charge in [-0.15, -0.1) is 0 Å². The molecule has 0 amide bonds. The number of aliphatic hydroxyl groups excluding tert-OH is 1. The average molecular weight is 304 g/mol. The van der Waals surface area contributed by atoms with Crippen molar-refractivity contribution in [2.45, 2.75) is 6.92 Å². The fourth-order valence-corrected chi connectivity index (χ4v) is 2.25. The van der Waals surface area contributed by atoms with E-state index in [1.165, 1.54) is 6.07 Å². The molecule has 22 heavy (non-hydrogen) atoms. The lowest BCUT2D eigenvalue weighted by molar-refractivity contribution is 0.399. The maximum Gasteiger partial charge on any atom is 0.220 e. The summed E-state index contributed by atoms with van der Waals surface area (Å²) in [6, 6.07) is 8.38. The van der Waals surface area contributed by atoms with Gasteiger partial charge in [0.05, 0.1) is 5.52 Å². The molecule has 0 unspecified atom stereocenters. The molecule has 0 spiro atoms. The highest BCUT2D eigenvalue weighted by Crippen LogP contribution is 2.31. The van der Waals surface area contributed by atoms with Gasteiger partial charge in [-0.25, -0.2) is 14.4 Å². The lowest BCUT2D eigenvalue weighted by Crippen LogP contribution is -1.97. The zero-order chi connectivity index (χ0) is 16.3. The fraction of sp³-hybridized carbons (Fsp3) is 0.125. The molecule has 0 saturated carbocycles. The first-order valence-corrected chi connectivity index (χ1v) is 6.58. The van der Waals surface area contributed by atoms with Crippen LogP contribution >= 0.6 is 0 Å². The minimum atomic E-state index is -0.299. The van der Waals surface area contributed by atoms with E-state index in [1.54, 1.807) is 31.3 Å². The number of rotatable bonds is 1. The van der Waals surface area contributed by atoms with Crippen molar-refractivity contribution >= 4 is 22.5 Å². The molecule has 0 aliphatic heterocycles. The van der Waals surface area contributed by atoms with Crippen molar-refractivity contribution in [2.24, 2.45) is 0 Å². The van der Waals surface area contributed by atoms with Crippen LogP contribution in [0.1, 0.15) is 8.42 Å². The molecule has 0 fully saturated rings. The van der Waals surface area contributed by atoms with Crippen LogP contribution in [0.25, 0.3) is 22.0 Å². The van der Waals surface area contributed by atoms with Crippen molar-refractivity contribution in [1.82, 2.24) is 9.97 Å².